The summed E-state index contributed by atoms with van der Waals surface area (Å²) in [5.74, 6) is -2.14. The summed E-state index contributed by atoms with van der Waals surface area (Å²) in [7, 11) is 0. The van der Waals surface area contributed by atoms with E-state index < -0.39 is 12.1 Å². The molecule has 4 rings (SSSR count). The molecule has 32 heavy (non-hydrogen) atoms. The van der Waals surface area contributed by atoms with Gasteiger partial charge in [-0.3, -0.25) is 4.79 Å². The predicted molar refractivity (Wildman–Crippen MR) is 111 cm³/mol. The molecule has 3 aromatic rings. The van der Waals surface area contributed by atoms with E-state index in [-0.39, 0.29) is 11.9 Å². The van der Waals surface area contributed by atoms with Crippen LogP contribution in [-0.2, 0) is 17.8 Å². The van der Waals surface area contributed by atoms with Crippen molar-refractivity contribution in [1.82, 2.24) is 25.6 Å². The minimum absolute atomic E-state index is 0.0755. The highest BCUT2D eigenvalue weighted by Crippen LogP contribution is 2.25. The highest BCUT2D eigenvalue weighted by Gasteiger charge is 2.38. The summed E-state index contributed by atoms with van der Waals surface area (Å²) >= 11 is 1.36. The fourth-order valence-electron chi connectivity index (χ4n) is 3.05. The molecule has 0 radical (unpaired) electrons. The van der Waals surface area contributed by atoms with Gasteiger partial charge in [-0.15, -0.1) is 11.3 Å². The standard InChI is InChI=1S/C18H19N5OS.C2HF3O2/c1-11-15(25-18(23-11)16-19-6-7-20-16)17(24)22-10-14-8-12-4-2-3-5-13(12)9-21-14;3-2(4,5)1(6)7/h2-7,14,21H,8-10H2,1H3,(H,19,20)(H,22,24);(H,6,7). The summed E-state index contributed by atoms with van der Waals surface area (Å²) in [5.41, 5.74) is 3.43. The van der Waals surface area contributed by atoms with E-state index in [1.165, 1.54) is 22.5 Å². The van der Waals surface area contributed by atoms with Gasteiger partial charge in [0.05, 0.1) is 5.69 Å². The maximum atomic E-state index is 12.5. The number of carbonyl (C=O) groups excluding carboxylic acids is 1. The highest BCUT2D eigenvalue weighted by atomic mass is 32.1. The first-order chi connectivity index (χ1) is 15.1. The lowest BCUT2D eigenvalue weighted by Crippen LogP contribution is -2.44. The van der Waals surface area contributed by atoms with Crippen molar-refractivity contribution in [3.05, 3.63) is 58.4 Å². The fourth-order valence-corrected chi connectivity index (χ4v) is 3.99. The Labute approximate surface area is 184 Å². The monoisotopic (exact) mass is 467 g/mol. The minimum Gasteiger partial charge on any atom is -0.475 e. The summed E-state index contributed by atoms with van der Waals surface area (Å²) in [6.45, 7) is 3.30. The average molecular weight is 467 g/mol. The van der Waals surface area contributed by atoms with Crippen LogP contribution in [0, 0.1) is 6.92 Å². The topological polar surface area (TPSA) is 120 Å². The smallest absolute Gasteiger partial charge is 0.475 e. The van der Waals surface area contributed by atoms with E-state index in [4.69, 9.17) is 9.90 Å². The van der Waals surface area contributed by atoms with E-state index in [1.807, 2.05) is 6.92 Å². The number of fused-ring (bicyclic) bond motifs is 1. The zero-order chi connectivity index (χ0) is 23.3. The minimum atomic E-state index is -5.08. The van der Waals surface area contributed by atoms with Gasteiger partial charge in [0.15, 0.2) is 10.8 Å². The van der Waals surface area contributed by atoms with E-state index in [2.05, 4.69) is 49.9 Å². The Bertz CT molecular complexity index is 1080. The first-order valence-electron chi connectivity index (χ1n) is 9.50. The van der Waals surface area contributed by atoms with Crippen LogP contribution in [0.25, 0.3) is 10.8 Å². The van der Waals surface area contributed by atoms with E-state index in [0.717, 1.165) is 23.7 Å². The Morgan fingerprint density at radius 1 is 1.28 bits per heavy atom. The molecule has 1 aliphatic heterocycles. The predicted octanol–water partition coefficient (Wildman–Crippen LogP) is 2.92. The molecule has 1 atom stereocenters. The Morgan fingerprint density at radius 3 is 2.59 bits per heavy atom. The molecule has 1 amide bonds. The van der Waals surface area contributed by atoms with Crippen LogP contribution in [0.1, 0.15) is 26.5 Å². The number of nitrogens with zero attached hydrogens (tertiary/aromatic N) is 2. The number of H-pyrrole nitrogens is 1. The normalized spacial score (nSPS) is 15.3. The molecule has 170 valence electrons. The second kappa shape index (κ2) is 9.92. The molecule has 12 heteroatoms. The van der Waals surface area contributed by atoms with Crippen LogP contribution in [-0.4, -0.2) is 50.7 Å². The number of halogens is 3. The number of alkyl halides is 3. The van der Waals surface area contributed by atoms with Gasteiger partial charge in [0.25, 0.3) is 5.91 Å². The molecule has 0 aliphatic carbocycles. The number of carboxylic acids is 1. The third-order valence-corrected chi connectivity index (χ3v) is 5.78. The molecule has 8 nitrogen and oxygen atoms in total. The van der Waals surface area contributed by atoms with Gasteiger partial charge in [0.2, 0.25) is 0 Å². The van der Waals surface area contributed by atoms with E-state index in [1.54, 1.807) is 12.4 Å². The van der Waals surface area contributed by atoms with E-state index in [0.29, 0.717) is 17.2 Å². The molecule has 0 saturated heterocycles. The first-order valence-corrected chi connectivity index (χ1v) is 10.3. The van der Waals surface area contributed by atoms with Gasteiger partial charge in [-0.2, -0.15) is 13.2 Å². The summed E-state index contributed by atoms with van der Waals surface area (Å²) < 4.78 is 31.7. The summed E-state index contributed by atoms with van der Waals surface area (Å²) in [5, 5.41) is 14.4. The molecule has 0 bridgehead atoms. The highest BCUT2D eigenvalue weighted by molar-refractivity contribution is 7.17. The van der Waals surface area contributed by atoms with Crippen LogP contribution >= 0.6 is 11.3 Å². The van der Waals surface area contributed by atoms with Gasteiger partial charge in [0, 0.05) is 31.5 Å². The van der Waals surface area contributed by atoms with Crippen LogP contribution in [0.4, 0.5) is 13.2 Å². The Hall–Kier alpha value is -3.25. The van der Waals surface area contributed by atoms with E-state index in [9.17, 15) is 18.0 Å². The SMILES string of the molecule is Cc1nc(-c2ncc[nH]2)sc1C(=O)NCC1Cc2ccccc2CN1.O=C(O)C(F)(F)F. The van der Waals surface area contributed by atoms with Crippen molar-refractivity contribution in [2.45, 2.75) is 32.1 Å². The number of hydrogen-bond donors (Lipinski definition) is 4. The van der Waals surface area contributed by atoms with Crippen molar-refractivity contribution in [2.24, 2.45) is 0 Å². The number of thiazole rings is 1. The zero-order valence-electron chi connectivity index (χ0n) is 16.9. The number of amides is 1. The Balaban J connectivity index is 0.000000360. The number of benzene rings is 1. The second-order valence-electron chi connectivity index (χ2n) is 6.93. The quantitative estimate of drug-likeness (QED) is 0.468. The lowest BCUT2D eigenvalue weighted by Gasteiger charge is -2.26. The molecule has 1 aromatic carbocycles. The molecule has 3 heterocycles. The molecule has 0 fully saturated rings. The third kappa shape index (κ3) is 5.92. The van der Waals surface area contributed by atoms with Crippen molar-refractivity contribution >= 4 is 23.2 Å². The van der Waals surface area contributed by atoms with Gasteiger partial charge in [-0.1, -0.05) is 24.3 Å². The lowest BCUT2D eigenvalue weighted by molar-refractivity contribution is -0.192. The van der Waals surface area contributed by atoms with Gasteiger partial charge >= 0.3 is 12.1 Å². The third-order valence-electron chi connectivity index (χ3n) is 4.62. The largest absolute Gasteiger partial charge is 0.490 e. The van der Waals surface area contributed by atoms with Crippen molar-refractivity contribution in [3.63, 3.8) is 0 Å². The summed E-state index contributed by atoms with van der Waals surface area (Å²) in [4.78, 5) is 33.7. The van der Waals surface area contributed by atoms with Crippen molar-refractivity contribution in [1.29, 1.82) is 0 Å². The first kappa shape index (κ1) is 23.4. The number of aliphatic carboxylic acids is 1. The van der Waals surface area contributed by atoms with Crippen LogP contribution in [0.2, 0.25) is 0 Å². The molecule has 1 aliphatic rings. The number of aromatic amines is 1. The van der Waals surface area contributed by atoms with Gasteiger partial charge < -0.3 is 20.7 Å². The summed E-state index contributed by atoms with van der Waals surface area (Å²) in [6, 6.07) is 8.68. The number of aromatic nitrogens is 3. The zero-order valence-corrected chi connectivity index (χ0v) is 17.7. The Kier molecular flexibility index (Phi) is 7.26. The van der Waals surface area contributed by atoms with Crippen LogP contribution in [0.5, 0.6) is 0 Å². The van der Waals surface area contributed by atoms with Crippen LogP contribution in [0.3, 0.4) is 0 Å². The number of rotatable bonds is 4. The molecule has 0 saturated carbocycles. The number of imidazole rings is 1. The molecule has 0 spiro atoms. The molecule has 2 aromatic heterocycles. The van der Waals surface area contributed by atoms with Crippen molar-refractivity contribution < 1.29 is 27.9 Å². The summed E-state index contributed by atoms with van der Waals surface area (Å²) in [6.07, 6.45) is -0.730. The van der Waals surface area contributed by atoms with Crippen LogP contribution in [0.15, 0.2) is 36.7 Å². The molecule has 4 N–H and O–H groups in total. The van der Waals surface area contributed by atoms with Crippen molar-refractivity contribution in [3.8, 4) is 10.8 Å². The second-order valence-corrected chi connectivity index (χ2v) is 7.93. The number of carboxylic acid groups (broad SMARTS) is 1. The number of hydrogen-bond acceptors (Lipinski definition) is 6. The molecular weight excluding hydrogens is 447 g/mol. The molecular formula is C20H20F3N5O3S. The van der Waals surface area contributed by atoms with E-state index >= 15 is 0 Å². The fraction of sp³-hybridized carbons (Fsp3) is 0.300. The average Bonchev–Trinajstić information content (AvgIpc) is 3.41. The maximum Gasteiger partial charge on any atom is 0.490 e. The lowest BCUT2D eigenvalue weighted by atomic mass is 9.96. The number of carbonyl (C=O) groups is 2. The van der Waals surface area contributed by atoms with Crippen LogP contribution < -0.4 is 10.6 Å². The number of aryl methyl sites for hydroxylation is 1. The van der Waals surface area contributed by atoms with Gasteiger partial charge in [0.1, 0.15) is 4.88 Å². The number of nitrogens with one attached hydrogen (secondary N) is 3. The molecule has 1 unspecified atom stereocenters. The van der Waals surface area contributed by atoms with Crippen molar-refractivity contribution in [2.75, 3.05) is 6.54 Å². The van der Waals surface area contributed by atoms with Gasteiger partial charge in [-0.25, -0.2) is 14.8 Å². The van der Waals surface area contributed by atoms with Gasteiger partial charge in [-0.05, 0) is 24.5 Å². The Morgan fingerprint density at radius 2 is 1.97 bits per heavy atom. The maximum absolute atomic E-state index is 12.5.